The summed E-state index contributed by atoms with van der Waals surface area (Å²) >= 11 is 0. The fourth-order valence-electron chi connectivity index (χ4n) is 4.60. The van der Waals surface area contributed by atoms with Crippen LogP contribution < -0.4 is 15.8 Å². The van der Waals surface area contributed by atoms with Gasteiger partial charge < -0.3 is 15.8 Å². The van der Waals surface area contributed by atoms with Crippen LogP contribution in [0, 0.1) is 5.92 Å². The number of primary amides is 1. The second-order valence-corrected chi connectivity index (χ2v) is 8.51. The molecule has 1 unspecified atom stereocenters. The van der Waals surface area contributed by atoms with Crippen molar-refractivity contribution in [3.63, 3.8) is 0 Å². The number of fused-ring (bicyclic) bond motifs is 1. The Bertz CT molecular complexity index is 901. The summed E-state index contributed by atoms with van der Waals surface area (Å²) in [5, 5.41) is 3.58. The molecule has 146 valence electrons. The third kappa shape index (κ3) is 3.51. The van der Waals surface area contributed by atoms with E-state index in [0.717, 1.165) is 37.3 Å². The van der Waals surface area contributed by atoms with E-state index in [1.54, 1.807) is 6.20 Å². The van der Waals surface area contributed by atoms with Crippen LogP contribution in [0.4, 0.5) is 0 Å². The van der Waals surface area contributed by atoms with Crippen molar-refractivity contribution in [3.05, 3.63) is 58.4 Å². The molecule has 0 bridgehead atoms. The first-order chi connectivity index (χ1) is 13.7. The quantitative estimate of drug-likeness (QED) is 0.810. The molecule has 5 nitrogen and oxygen atoms in total. The van der Waals surface area contributed by atoms with Gasteiger partial charge in [0.2, 0.25) is 0 Å². The third-order valence-corrected chi connectivity index (χ3v) is 6.37. The predicted octanol–water partition coefficient (Wildman–Crippen LogP) is 3.28. The fraction of sp³-hybridized carbons (Fsp3) is 0.478. The summed E-state index contributed by atoms with van der Waals surface area (Å²) in [5.41, 5.74) is 11.1. The van der Waals surface area contributed by atoms with E-state index < -0.39 is 5.91 Å². The van der Waals surface area contributed by atoms with E-state index in [1.165, 1.54) is 42.4 Å². The molecule has 1 aromatic heterocycles. The minimum Gasteiger partial charge on any atom is -0.492 e. The van der Waals surface area contributed by atoms with E-state index >= 15 is 0 Å². The smallest absolute Gasteiger partial charge is 0.267 e. The highest BCUT2D eigenvalue weighted by molar-refractivity contribution is 5.92. The topological polar surface area (TPSA) is 77.2 Å². The van der Waals surface area contributed by atoms with Gasteiger partial charge in [-0.25, -0.2) is 4.98 Å². The molecule has 1 aliphatic heterocycles. The van der Waals surface area contributed by atoms with Gasteiger partial charge in [-0.05, 0) is 85.2 Å². The summed E-state index contributed by atoms with van der Waals surface area (Å²) in [6.45, 7) is 1.84. The average molecular weight is 377 g/mol. The monoisotopic (exact) mass is 377 g/mol. The summed E-state index contributed by atoms with van der Waals surface area (Å²) in [4.78, 5) is 16.3. The van der Waals surface area contributed by atoms with Gasteiger partial charge in [0.1, 0.15) is 11.4 Å². The molecule has 2 aliphatic carbocycles. The number of hydrogen-bond donors (Lipinski definition) is 2. The van der Waals surface area contributed by atoms with Gasteiger partial charge in [0.05, 0.1) is 12.8 Å². The predicted molar refractivity (Wildman–Crippen MR) is 108 cm³/mol. The van der Waals surface area contributed by atoms with Crippen molar-refractivity contribution in [2.45, 2.75) is 50.5 Å². The van der Waals surface area contributed by atoms with Gasteiger partial charge in [0.25, 0.3) is 5.91 Å². The Balaban J connectivity index is 1.39. The first kappa shape index (κ1) is 17.7. The van der Waals surface area contributed by atoms with Crippen LogP contribution in [0.25, 0.3) is 0 Å². The van der Waals surface area contributed by atoms with Crippen LogP contribution in [-0.2, 0) is 12.8 Å². The highest BCUT2D eigenvalue weighted by Crippen LogP contribution is 2.38. The first-order valence-electron chi connectivity index (χ1n) is 10.4. The fourth-order valence-corrected chi connectivity index (χ4v) is 4.60. The lowest BCUT2D eigenvalue weighted by Crippen LogP contribution is -2.18. The van der Waals surface area contributed by atoms with Gasteiger partial charge in [-0.1, -0.05) is 18.2 Å². The second-order valence-electron chi connectivity index (χ2n) is 8.51. The van der Waals surface area contributed by atoms with Crippen LogP contribution in [0.2, 0.25) is 0 Å². The summed E-state index contributed by atoms with van der Waals surface area (Å²) < 4.78 is 5.91. The molecule has 5 heteroatoms. The zero-order chi connectivity index (χ0) is 19.1. The van der Waals surface area contributed by atoms with Gasteiger partial charge in [-0.15, -0.1) is 0 Å². The van der Waals surface area contributed by atoms with Crippen molar-refractivity contribution >= 4 is 5.91 Å². The maximum absolute atomic E-state index is 12.0. The third-order valence-electron chi connectivity index (χ3n) is 6.37. The lowest BCUT2D eigenvalue weighted by molar-refractivity contribution is 0.0994. The molecule has 28 heavy (non-hydrogen) atoms. The molecule has 3 N–H and O–H groups in total. The van der Waals surface area contributed by atoms with Crippen LogP contribution in [0.1, 0.15) is 70.4 Å². The Morgan fingerprint density at radius 3 is 2.79 bits per heavy atom. The number of ether oxygens (including phenoxy) is 1. The van der Waals surface area contributed by atoms with Crippen LogP contribution in [0.5, 0.6) is 5.75 Å². The number of carbonyl (C=O) groups excluding carboxylic acids is 1. The first-order valence-corrected chi connectivity index (χ1v) is 10.4. The molecule has 3 aliphatic rings. The lowest BCUT2D eigenvalue weighted by atomic mass is 9.94. The van der Waals surface area contributed by atoms with E-state index in [4.69, 9.17) is 10.5 Å². The molecule has 1 saturated carbocycles. The molecule has 2 aromatic rings. The summed E-state index contributed by atoms with van der Waals surface area (Å²) in [7, 11) is 0. The Hall–Kier alpha value is -2.40. The SMILES string of the molecule is NC(=O)c1ncc(OCC2CC2)cc1[C@@H]1Cc2ccc(C3CCCN3)cc2C1. The highest BCUT2D eigenvalue weighted by Gasteiger charge is 2.29. The van der Waals surface area contributed by atoms with E-state index in [1.807, 2.05) is 6.07 Å². The van der Waals surface area contributed by atoms with Crippen molar-refractivity contribution < 1.29 is 9.53 Å². The summed E-state index contributed by atoms with van der Waals surface area (Å²) in [6, 6.07) is 9.34. The second kappa shape index (κ2) is 7.21. The highest BCUT2D eigenvalue weighted by atomic mass is 16.5. The Labute approximate surface area is 165 Å². The van der Waals surface area contributed by atoms with Crippen LogP contribution in [0.15, 0.2) is 30.5 Å². The van der Waals surface area contributed by atoms with E-state index in [-0.39, 0.29) is 5.92 Å². The van der Waals surface area contributed by atoms with Crippen molar-refractivity contribution in [1.29, 1.82) is 0 Å². The molecule has 2 fully saturated rings. The average Bonchev–Trinajstić information content (AvgIpc) is 3.18. The normalized spacial score (nSPS) is 23.6. The van der Waals surface area contributed by atoms with Gasteiger partial charge in [-0.2, -0.15) is 0 Å². The summed E-state index contributed by atoms with van der Waals surface area (Å²) in [6.07, 6.45) is 8.42. The Morgan fingerprint density at radius 2 is 2.04 bits per heavy atom. The van der Waals surface area contributed by atoms with E-state index in [2.05, 4.69) is 28.5 Å². The van der Waals surface area contributed by atoms with Crippen molar-refractivity contribution in [3.8, 4) is 5.75 Å². The number of nitrogens with one attached hydrogen (secondary N) is 1. The molecule has 1 amide bonds. The van der Waals surface area contributed by atoms with E-state index in [9.17, 15) is 4.79 Å². The zero-order valence-corrected chi connectivity index (χ0v) is 16.1. The largest absolute Gasteiger partial charge is 0.492 e. The van der Waals surface area contributed by atoms with Crippen molar-refractivity contribution in [2.75, 3.05) is 13.2 Å². The van der Waals surface area contributed by atoms with Crippen LogP contribution >= 0.6 is 0 Å². The molecule has 1 aromatic carbocycles. The van der Waals surface area contributed by atoms with Crippen molar-refractivity contribution in [1.82, 2.24) is 10.3 Å². The van der Waals surface area contributed by atoms with Gasteiger partial charge in [-0.3, -0.25) is 4.79 Å². The Morgan fingerprint density at radius 1 is 1.18 bits per heavy atom. The molecule has 0 spiro atoms. The zero-order valence-electron chi connectivity index (χ0n) is 16.1. The maximum Gasteiger partial charge on any atom is 0.267 e. The lowest BCUT2D eigenvalue weighted by Gasteiger charge is -2.15. The van der Waals surface area contributed by atoms with Crippen molar-refractivity contribution in [2.24, 2.45) is 11.7 Å². The molecule has 1 saturated heterocycles. The molecule has 2 heterocycles. The van der Waals surface area contributed by atoms with Gasteiger partial charge in [0, 0.05) is 6.04 Å². The maximum atomic E-state index is 12.0. The number of pyridine rings is 1. The molecule has 0 radical (unpaired) electrons. The minimum absolute atomic E-state index is 0.223. The van der Waals surface area contributed by atoms with E-state index in [0.29, 0.717) is 17.7 Å². The van der Waals surface area contributed by atoms with Gasteiger partial charge >= 0.3 is 0 Å². The number of aromatic nitrogens is 1. The number of nitrogens with two attached hydrogens (primary N) is 1. The minimum atomic E-state index is -0.462. The number of nitrogens with zero attached hydrogens (tertiary/aromatic N) is 1. The number of rotatable bonds is 6. The molecule has 5 rings (SSSR count). The van der Waals surface area contributed by atoms with Gasteiger partial charge in [0.15, 0.2) is 0 Å². The van der Waals surface area contributed by atoms with Crippen LogP contribution in [0.3, 0.4) is 0 Å². The standard InChI is InChI=1S/C23H27N3O2/c24-23(27)22-20(11-19(12-26-22)28-13-14-3-4-14)18-8-15-5-6-16(9-17(15)10-18)21-2-1-7-25-21/h5-6,9,11-12,14,18,21,25H,1-4,7-8,10,13H2,(H2,24,27)/t18-,21?/m1/s1. The summed E-state index contributed by atoms with van der Waals surface area (Å²) in [5.74, 6) is 1.19. The molecular weight excluding hydrogens is 350 g/mol. The molecular formula is C23H27N3O2. The Kier molecular flexibility index (Phi) is 4.55. The number of benzene rings is 1. The molecule has 2 atom stereocenters. The number of carbonyl (C=O) groups is 1. The van der Waals surface area contributed by atoms with Crippen LogP contribution in [-0.4, -0.2) is 24.0 Å². The number of hydrogen-bond acceptors (Lipinski definition) is 4. The number of amides is 1.